The maximum absolute atomic E-state index is 10.9. The van der Waals surface area contributed by atoms with Crippen LogP contribution in [0.1, 0.15) is 0 Å². The fraction of sp³-hybridized carbons (Fsp3) is 0. The van der Waals surface area contributed by atoms with Gasteiger partial charge in [0.25, 0.3) is 0 Å². The van der Waals surface area contributed by atoms with Gasteiger partial charge < -0.3 is 0 Å². The molecule has 7 heteroatoms. The van der Waals surface area contributed by atoms with Crippen LogP contribution in [0, 0.1) is 0 Å². The van der Waals surface area contributed by atoms with Crippen LogP contribution >= 0.6 is 14.5 Å². The SMILES string of the molecule is FP(F)[Se]P(F)F. The molecule has 0 bridgehead atoms. The van der Waals surface area contributed by atoms with Crippen LogP contribution in [0.25, 0.3) is 0 Å². The topological polar surface area (TPSA) is 0 Å². The summed E-state index contributed by atoms with van der Waals surface area (Å²) in [6.45, 7) is 0. The van der Waals surface area contributed by atoms with Crippen LogP contribution in [0.2, 0.25) is 0 Å². The quantitative estimate of drug-likeness (QED) is 0.378. The monoisotopic (exact) mass is 218 g/mol. The fourth-order valence-corrected chi connectivity index (χ4v) is 2.18. The van der Waals surface area contributed by atoms with Gasteiger partial charge in [-0.15, -0.1) is 0 Å². The zero-order chi connectivity index (χ0) is 5.86. The number of rotatable bonds is 2. The second-order valence-corrected chi connectivity index (χ2v) is 8.50. The zero-order valence-corrected chi connectivity index (χ0v) is 6.32. The molecule has 0 aromatic heterocycles. The van der Waals surface area contributed by atoms with E-state index in [0.717, 1.165) is 0 Å². The van der Waals surface area contributed by atoms with Gasteiger partial charge in [0, 0.05) is 0 Å². The van der Waals surface area contributed by atoms with Crippen molar-refractivity contribution in [1.29, 1.82) is 0 Å². The van der Waals surface area contributed by atoms with Gasteiger partial charge in [0.15, 0.2) is 0 Å². The molecule has 44 valence electrons. The predicted octanol–water partition coefficient (Wildman–Crippen LogP) is 3.02. The van der Waals surface area contributed by atoms with E-state index in [-0.39, 0.29) is 0 Å². The summed E-state index contributed by atoms with van der Waals surface area (Å²) in [7, 11) is -6.60. The van der Waals surface area contributed by atoms with Crippen LogP contribution in [0.5, 0.6) is 0 Å². The van der Waals surface area contributed by atoms with Crippen molar-refractivity contribution < 1.29 is 16.8 Å². The van der Waals surface area contributed by atoms with Crippen molar-refractivity contribution in [2.45, 2.75) is 0 Å². The molecular formula is F4P2Se. The summed E-state index contributed by atoms with van der Waals surface area (Å²) in [5.41, 5.74) is 0. The van der Waals surface area contributed by atoms with Gasteiger partial charge in [-0.2, -0.15) is 0 Å². The van der Waals surface area contributed by atoms with Gasteiger partial charge in [0.1, 0.15) is 0 Å². The summed E-state index contributed by atoms with van der Waals surface area (Å²) in [6.07, 6.45) is 0. The third kappa shape index (κ3) is 7.10. The van der Waals surface area contributed by atoms with Crippen molar-refractivity contribution in [3.63, 3.8) is 0 Å². The first-order valence-corrected chi connectivity index (χ1v) is 7.72. The molecule has 0 spiro atoms. The van der Waals surface area contributed by atoms with Crippen LogP contribution in [0.15, 0.2) is 0 Å². The Labute approximate surface area is 46.0 Å². The molecule has 0 aliphatic heterocycles. The van der Waals surface area contributed by atoms with Gasteiger partial charge in [0.2, 0.25) is 0 Å². The van der Waals surface area contributed by atoms with Gasteiger partial charge in [-0.25, -0.2) is 0 Å². The third-order valence-corrected chi connectivity index (χ3v) is 5.77. The number of halogens is 4. The molecule has 0 aromatic carbocycles. The summed E-state index contributed by atoms with van der Waals surface area (Å²) in [5.74, 6) is 0. The minimum atomic E-state index is -3.30. The molecule has 0 aliphatic rings. The van der Waals surface area contributed by atoms with E-state index < -0.39 is 28.5 Å². The molecule has 0 radical (unpaired) electrons. The van der Waals surface area contributed by atoms with Crippen molar-refractivity contribution in [3.8, 4) is 0 Å². The summed E-state index contributed by atoms with van der Waals surface area (Å²) in [5, 5.41) is 0. The molecule has 0 aliphatic carbocycles. The molecule has 0 amide bonds. The summed E-state index contributed by atoms with van der Waals surface area (Å²) in [6, 6.07) is 0. The fourth-order valence-electron chi connectivity index (χ4n) is 0.0467. The Morgan fingerprint density at radius 1 is 0.857 bits per heavy atom. The van der Waals surface area contributed by atoms with Gasteiger partial charge in [-0.1, -0.05) is 0 Å². The van der Waals surface area contributed by atoms with E-state index in [1.807, 2.05) is 0 Å². The van der Waals surface area contributed by atoms with Crippen molar-refractivity contribution in [2.75, 3.05) is 0 Å². The van der Waals surface area contributed by atoms with Gasteiger partial charge in [-0.3, -0.25) is 0 Å². The second kappa shape index (κ2) is 4.03. The van der Waals surface area contributed by atoms with Crippen LogP contribution in [-0.4, -0.2) is 14.1 Å². The molecule has 0 unspecified atom stereocenters. The van der Waals surface area contributed by atoms with Crippen molar-refractivity contribution >= 4 is 28.5 Å². The van der Waals surface area contributed by atoms with E-state index in [4.69, 9.17) is 0 Å². The first-order valence-electron chi connectivity index (χ1n) is 1.04. The van der Waals surface area contributed by atoms with E-state index >= 15 is 0 Å². The van der Waals surface area contributed by atoms with Crippen LogP contribution in [0.3, 0.4) is 0 Å². The summed E-state index contributed by atoms with van der Waals surface area (Å²) < 4.78 is 43.7. The molecular weight excluding hydrogens is 217 g/mol. The zero-order valence-electron chi connectivity index (χ0n) is 2.81. The average Bonchev–Trinajstić information content (AvgIpc) is 1.27. The average molecular weight is 217 g/mol. The molecule has 0 atom stereocenters. The molecule has 0 saturated carbocycles. The minimum absolute atomic E-state index is 1.66. The Balaban J connectivity index is 2.95. The van der Waals surface area contributed by atoms with E-state index in [1.165, 1.54) is 0 Å². The van der Waals surface area contributed by atoms with Crippen molar-refractivity contribution in [2.24, 2.45) is 0 Å². The second-order valence-electron chi connectivity index (χ2n) is 0.485. The Morgan fingerprint density at radius 2 is 1.14 bits per heavy atom. The number of hydrogen-bond acceptors (Lipinski definition) is 0. The van der Waals surface area contributed by atoms with E-state index in [9.17, 15) is 16.8 Å². The first-order chi connectivity index (χ1) is 3.13. The van der Waals surface area contributed by atoms with Crippen molar-refractivity contribution in [3.05, 3.63) is 0 Å². The predicted molar refractivity (Wildman–Crippen MR) is 24.0 cm³/mol. The molecule has 0 N–H and O–H groups in total. The van der Waals surface area contributed by atoms with E-state index in [0.29, 0.717) is 0 Å². The molecule has 0 rings (SSSR count). The Hall–Kier alpha value is 1.10. The number of hydrogen-bond donors (Lipinski definition) is 0. The van der Waals surface area contributed by atoms with Crippen LogP contribution < -0.4 is 0 Å². The normalized spacial score (nSPS) is 11.1. The van der Waals surface area contributed by atoms with Crippen LogP contribution in [-0.2, 0) is 0 Å². The first kappa shape index (κ1) is 8.10. The molecule has 0 saturated heterocycles. The molecule has 0 nitrogen and oxygen atoms in total. The van der Waals surface area contributed by atoms with E-state index in [1.54, 1.807) is 0 Å². The van der Waals surface area contributed by atoms with Crippen LogP contribution in [0.4, 0.5) is 16.8 Å². The third-order valence-electron chi connectivity index (χ3n) is 0.123. The van der Waals surface area contributed by atoms with Gasteiger partial charge >= 0.3 is 45.3 Å². The maximum atomic E-state index is 10.9. The Kier molecular flexibility index (Phi) is 4.66. The van der Waals surface area contributed by atoms with E-state index in [2.05, 4.69) is 0 Å². The molecule has 0 aromatic rings. The molecule has 0 heterocycles. The standard InChI is InChI=1S/F4P2Se/c1-5(2)7-6(3)4. The summed E-state index contributed by atoms with van der Waals surface area (Å²) in [4.78, 5) is 0. The van der Waals surface area contributed by atoms with Gasteiger partial charge in [-0.05, 0) is 0 Å². The molecule has 0 fully saturated rings. The molecule has 7 heavy (non-hydrogen) atoms. The van der Waals surface area contributed by atoms with Gasteiger partial charge in [0.05, 0.1) is 0 Å². The summed E-state index contributed by atoms with van der Waals surface area (Å²) >= 11 is -1.66. The Bertz CT molecular complexity index is 39.0. The Morgan fingerprint density at radius 3 is 1.14 bits per heavy atom. The van der Waals surface area contributed by atoms with Crippen molar-refractivity contribution in [1.82, 2.24) is 0 Å².